The molecule has 0 spiro atoms. The van der Waals surface area contributed by atoms with Crippen molar-refractivity contribution in [2.45, 2.75) is 19.3 Å². The van der Waals surface area contributed by atoms with Crippen molar-refractivity contribution in [3.63, 3.8) is 0 Å². The van der Waals surface area contributed by atoms with Gasteiger partial charge in [-0.2, -0.15) is 5.26 Å². The van der Waals surface area contributed by atoms with Crippen molar-refractivity contribution in [3.8, 4) is 6.07 Å². The largest absolute Gasteiger partial charge is 0.481 e. The fraction of sp³-hybridized carbons (Fsp3) is 0.727. The van der Waals surface area contributed by atoms with Gasteiger partial charge in [-0.25, -0.2) is 0 Å². The minimum absolute atomic E-state index is 0.0142. The highest BCUT2D eigenvalue weighted by Gasteiger charge is 2.24. The molecular formula is C11H16N2O3S. The number of nitriles is 1. The first-order valence-corrected chi connectivity index (χ1v) is 6.73. The molecule has 1 aliphatic rings. The zero-order chi connectivity index (χ0) is 12.7. The topological polar surface area (TPSA) is 81.4 Å². The number of aliphatic carboxylic acids is 1. The number of likely N-dealkylation sites (tertiary alicyclic amines) is 1. The van der Waals surface area contributed by atoms with Gasteiger partial charge in [-0.3, -0.25) is 9.59 Å². The Kier molecular flexibility index (Phi) is 5.84. The summed E-state index contributed by atoms with van der Waals surface area (Å²) in [5.41, 5.74) is 0. The molecule has 0 saturated carbocycles. The first-order valence-electron chi connectivity index (χ1n) is 5.57. The van der Waals surface area contributed by atoms with Gasteiger partial charge in [-0.15, -0.1) is 11.8 Å². The van der Waals surface area contributed by atoms with Gasteiger partial charge in [-0.1, -0.05) is 0 Å². The van der Waals surface area contributed by atoms with Gasteiger partial charge in [0.25, 0.3) is 0 Å². The van der Waals surface area contributed by atoms with Crippen LogP contribution in [0.25, 0.3) is 0 Å². The molecule has 6 heteroatoms. The van der Waals surface area contributed by atoms with E-state index < -0.39 is 5.97 Å². The maximum Gasteiger partial charge on any atom is 0.303 e. The SMILES string of the molecule is N#CCSCC(=O)N1CCCC(CC(=O)O)C1. The highest BCUT2D eigenvalue weighted by molar-refractivity contribution is 8.00. The van der Waals surface area contributed by atoms with Crippen LogP contribution in [0.1, 0.15) is 19.3 Å². The normalized spacial score (nSPS) is 19.7. The Labute approximate surface area is 105 Å². The molecule has 1 saturated heterocycles. The summed E-state index contributed by atoms with van der Waals surface area (Å²) in [6, 6.07) is 1.98. The molecule has 94 valence electrons. The average molecular weight is 256 g/mol. The van der Waals surface area contributed by atoms with Crippen LogP contribution in [0, 0.1) is 17.2 Å². The Morgan fingerprint density at radius 1 is 1.53 bits per heavy atom. The maximum absolute atomic E-state index is 11.8. The average Bonchev–Trinajstić information content (AvgIpc) is 2.28. The second kappa shape index (κ2) is 7.17. The number of carboxylic acid groups (broad SMARTS) is 1. The van der Waals surface area contributed by atoms with Gasteiger partial charge in [0.1, 0.15) is 0 Å². The molecule has 0 aliphatic carbocycles. The number of thioether (sulfide) groups is 1. The van der Waals surface area contributed by atoms with E-state index in [0.717, 1.165) is 12.8 Å². The first-order chi connectivity index (χ1) is 8.13. The van der Waals surface area contributed by atoms with E-state index in [4.69, 9.17) is 10.4 Å². The molecule has 17 heavy (non-hydrogen) atoms. The van der Waals surface area contributed by atoms with E-state index >= 15 is 0 Å². The number of carbonyl (C=O) groups excluding carboxylic acids is 1. The summed E-state index contributed by atoms with van der Waals surface area (Å²) in [4.78, 5) is 24.1. The van der Waals surface area contributed by atoms with Gasteiger partial charge in [0.15, 0.2) is 0 Å². The molecule has 5 nitrogen and oxygen atoms in total. The van der Waals surface area contributed by atoms with Crippen LogP contribution in [-0.4, -0.2) is 46.5 Å². The standard InChI is InChI=1S/C11H16N2O3S/c12-3-5-17-8-10(14)13-4-1-2-9(7-13)6-11(15)16/h9H,1-2,4-8H2,(H,15,16). The minimum Gasteiger partial charge on any atom is -0.481 e. The van der Waals surface area contributed by atoms with Gasteiger partial charge < -0.3 is 10.0 Å². The van der Waals surface area contributed by atoms with Crippen LogP contribution < -0.4 is 0 Å². The lowest BCUT2D eigenvalue weighted by Crippen LogP contribution is -2.41. The Morgan fingerprint density at radius 3 is 2.94 bits per heavy atom. The fourth-order valence-corrected chi connectivity index (χ4v) is 2.53. The Balaban J connectivity index is 2.35. The maximum atomic E-state index is 11.8. The van der Waals surface area contributed by atoms with Gasteiger partial charge >= 0.3 is 5.97 Å². The highest BCUT2D eigenvalue weighted by Crippen LogP contribution is 2.20. The molecule has 0 aromatic heterocycles. The monoisotopic (exact) mass is 256 g/mol. The highest BCUT2D eigenvalue weighted by atomic mass is 32.2. The summed E-state index contributed by atoms with van der Waals surface area (Å²) in [7, 11) is 0. The predicted molar refractivity (Wildman–Crippen MR) is 64.5 cm³/mol. The van der Waals surface area contributed by atoms with Gasteiger partial charge in [0.2, 0.25) is 5.91 Å². The summed E-state index contributed by atoms with van der Waals surface area (Å²) in [5.74, 6) is -0.0828. The second-order valence-corrected chi connectivity index (χ2v) is 5.08. The minimum atomic E-state index is -0.803. The van der Waals surface area contributed by atoms with Crippen molar-refractivity contribution in [1.29, 1.82) is 5.26 Å². The van der Waals surface area contributed by atoms with E-state index in [2.05, 4.69) is 0 Å². The zero-order valence-corrected chi connectivity index (χ0v) is 10.4. The van der Waals surface area contributed by atoms with E-state index in [-0.39, 0.29) is 18.2 Å². The Morgan fingerprint density at radius 2 is 2.29 bits per heavy atom. The van der Waals surface area contributed by atoms with Crippen molar-refractivity contribution in [2.75, 3.05) is 24.6 Å². The van der Waals surface area contributed by atoms with Crippen molar-refractivity contribution in [3.05, 3.63) is 0 Å². The van der Waals surface area contributed by atoms with Gasteiger partial charge in [-0.05, 0) is 18.8 Å². The molecule has 1 aliphatic heterocycles. The van der Waals surface area contributed by atoms with Crippen LogP contribution in [0.5, 0.6) is 0 Å². The zero-order valence-electron chi connectivity index (χ0n) is 9.59. The van der Waals surface area contributed by atoms with E-state index in [1.165, 1.54) is 11.8 Å². The molecule has 1 fully saturated rings. The van der Waals surface area contributed by atoms with Crippen LogP contribution in [0.15, 0.2) is 0 Å². The lowest BCUT2D eigenvalue weighted by Gasteiger charge is -2.32. The number of hydrogen-bond donors (Lipinski definition) is 1. The molecule has 1 rings (SSSR count). The van der Waals surface area contributed by atoms with Crippen molar-refractivity contribution in [2.24, 2.45) is 5.92 Å². The summed E-state index contributed by atoms with van der Waals surface area (Å²) in [6.07, 6.45) is 1.88. The smallest absolute Gasteiger partial charge is 0.303 e. The summed E-state index contributed by atoms with van der Waals surface area (Å²) >= 11 is 1.30. The number of carbonyl (C=O) groups is 2. The molecule has 0 aromatic rings. The number of amides is 1. The number of hydrogen-bond acceptors (Lipinski definition) is 4. The fourth-order valence-electron chi connectivity index (χ4n) is 1.98. The lowest BCUT2D eigenvalue weighted by atomic mass is 9.95. The van der Waals surface area contributed by atoms with Crippen LogP contribution in [0.3, 0.4) is 0 Å². The second-order valence-electron chi connectivity index (χ2n) is 4.10. The third-order valence-electron chi connectivity index (χ3n) is 2.73. The predicted octanol–water partition coefficient (Wildman–Crippen LogP) is 0.956. The molecule has 1 heterocycles. The van der Waals surface area contributed by atoms with E-state index in [9.17, 15) is 9.59 Å². The van der Waals surface area contributed by atoms with Crippen LogP contribution in [-0.2, 0) is 9.59 Å². The molecular weight excluding hydrogens is 240 g/mol. The summed E-state index contributed by atoms with van der Waals surface area (Å²) in [5, 5.41) is 17.1. The van der Waals surface area contributed by atoms with Crippen molar-refractivity contribution >= 4 is 23.6 Å². The molecule has 1 amide bonds. The molecule has 1 unspecified atom stereocenters. The van der Waals surface area contributed by atoms with Crippen molar-refractivity contribution in [1.82, 2.24) is 4.90 Å². The quantitative estimate of drug-likeness (QED) is 0.741. The lowest BCUT2D eigenvalue weighted by molar-refractivity contribution is -0.140. The molecule has 0 bridgehead atoms. The number of piperidine rings is 1. The Hall–Kier alpha value is -1.22. The number of carboxylic acids is 1. The third-order valence-corrected chi connectivity index (χ3v) is 3.51. The van der Waals surface area contributed by atoms with Crippen molar-refractivity contribution < 1.29 is 14.7 Å². The van der Waals surface area contributed by atoms with Crippen LogP contribution in [0.4, 0.5) is 0 Å². The van der Waals surface area contributed by atoms with Crippen LogP contribution in [0.2, 0.25) is 0 Å². The van der Waals surface area contributed by atoms with Gasteiger partial charge in [0.05, 0.1) is 17.6 Å². The van der Waals surface area contributed by atoms with E-state index in [0.29, 0.717) is 24.6 Å². The molecule has 1 N–H and O–H groups in total. The van der Waals surface area contributed by atoms with E-state index in [1.54, 1.807) is 4.90 Å². The third kappa shape index (κ3) is 5.09. The van der Waals surface area contributed by atoms with Gasteiger partial charge in [0, 0.05) is 19.5 Å². The summed E-state index contributed by atoms with van der Waals surface area (Å²) in [6.45, 7) is 1.25. The van der Waals surface area contributed by atoms with E-state index in [1.807, 2.05) is 6.07 Å². The number of rotatable bonds is 5. The molecule has 0 aromatic carbocycles. The summed E-state index contributed by atoms with van der Waals surface area (Å²) < 4.78 is 0. The van der Waals surface area contributed by atoms with Crippen LogP contribution >= 0.6 is 11.8 Å². The Bertz CT molecular complexity index is 327. The first kappa shape index (κ1) is 13.8. The molecule has 1 atom stereocenters. The number of nitrogens with zero attached hydrogens (tertiary/aromatic N) is 2. The molecule has 0 radical (unpaired) electrons.